The first kappa shape index (κ1) is 21.9. The monoisotopic (exact) mass is 430 g/mol. The molecule has 0 saturated carbocycles. The predicted octanol–water partition coefficient (Wildman–Crippen LogP) is 4.61. The molecule has 2 atom stereocenters. The summed E-state index contributed by atoms with van der Waals surface area (Å²) in [5.74, 6) is 1.73. The highest BCUT2D eigenvalue weighted by molar-refractivity contribution is 5.88. The summed E-state index contributed by atoms with van der Waals surface area (Å²) in [6.45, 7) is 8.11. The fourth-order valence-corrected chi connectivity index (χ4v) is 4.50. The molecule has 32 heavy (non-hydrogen) atoms. The lowest BCUT2D eigenvalue weighted by atomic mass is 9.91. The summed E-state index contributed by atoms with van der Waals surface area (Å²) in [4.78, 5) is 19.4. The topological polar surface area (TPSA) is 71.2 Å². The van der Waals surface area contributed by atoms with E-state index in [9.17, 15) is 10.1 Å². The summed E-state index contributed by atoms with van der Waals surface area (Å²) >= 11 is 0. The molecule has 1 aromatic carbocycles. The Kier molecular flexibility index (Phi) is 6.18. The van der Waals surface area contributed by atoms with Gasteiger partial charge in [0.2, 0.25) is 0 Å². The zero-order valence-electron chi connectivity index (χ0n) is 19.2. The predicted molar refractivity (Wildman–Crippen MR) is 127 cm³/mol. The van der Waals surface area contributed by atoms with Gasteiger partial charge in [0.1, 0.15) is 29.1 Å². The van der Waals surface area contributed by atoms with E-state index in [2.05, 4.69) is 61.0 Å². The van der Waals surface area contributed by atoms with E-state index in [4.69, 9.17) is 4.74 Å². The minimum Gasteiger partial charge on any atom is -0.490 e. The molecule has 0 N–H and O–H groups in total. The number of aryl methyl sites for hydroxylation is 1. The van der Waals surface area contributed by atoms with Gasteiger partial charge in [0, 0.05) is 38.5 Å². The number of ether oxygens (including phenoxy) is 1. The maximum Gasteiger partial charge on any atom is 0.252 e. The molecule has 2 aromatic heterocycles. The van der Waals surface area contributed by atoms with Gasteiger partial charge in [-0.3, -0.25) is 4.79 Å². The SMILES string of the molecule is CCC1CN(c2cc(=O)n(C)c3ccc(C#N)nc23)CCC1Oc1ccc(C(C)C)cc1. The van der Waals surface area contributed by atoms with Gasteiger partial charge >= 0.3 is 0 Å². The molecule has 0 spiro atoms. The van der Waals surface area contributed by atoms with Crippen LogP contribution in [0.5, 0.6) is 5.75 Å². The molecule has 0 radical (unpaired) electrons. The van der Waals surface area contributed by atoms with E-state index in [-0.39, 0.29) is 11.7 Å². The quantitative estimate of drug-likeness (QED) is 0.591. The molecular weight excluding hydrogens is 400 g/mol. The van der Waals surface area contributed by atoms with Crippen LogP contribution < -0.4 is 15.2 Å². The molecule has 1 saturated heterocycles. The molecule has 4 rings (SSSR count). The molecule has 0 aliphatic carbocycles. The van der Waals surface area contributed by atoms with Gasteiger partial charge in [0.05, 0.1) is 11.2 Å². The van der Waals surface area contributed by atoms with Gasteiger partial charge in [0.15, 0.2) is 0 Å². The van der Waals surface area contributed by atoms with Crippen molar-refractivity contribution in [3.05, 3.63) is 64.1 Å². The van der Waals surface area contributed by atoms with E-state index in [1.54, 1.807) is 29.8 Å². The average molecular weight is 431 g/mol. The smallest absolute Gasteiger partial charge is 0.252 e. The molecular formula is C26H30N4O2. The fourth-order valence-electron chi connectivity index (χ4n) is 4.50. The highest BCUT2D eigenvalue weighted by Crippen LogP contribution is 2.31. The molecule has 1 aliphatic heterocycles. The number of fused-ring (bicyclic) bond motifs is 1. The number of hydrogen-bond donors (Lipinski definition) is 0. The first-order valence-electron chi connectivity index (χ1n) is 11.3. The van der Waals surface area contributed by atoms with Gasteiger partial charge in [0.25, 0.3) is 5.56 Å². The van der Waals surface area contributed by atoms with Crippen molar-refractivity contribution in [1.29, 1.82) is 5.26 Å². The molecule has 0 bridgehead atoms. The number of anilines is 1. The molecule has 1 fully saturated rings. The van der Waals surface area contributed by atoms with Gasteiger partial charge in [-0.1, -0.05) is 32.9 Å². The Balaban J connectivity index is 1.59. The van der Waals surface area contributed by atoms with Crippen LogP contribution in [0.3, 0.4) is 0 Å². The maximum atomic E-state index is 12.6. The van der Waals surface area contributed by atoms with Crippen LogP contribution in [0.25, 0.3) is 11.0 Å². The molecule has 3 aromatic rings. The normalized spacial score (nSPS) is 18.7. The molecule has 3 heterocycles. The lowest BCUT2D eigenvalue weighted by molar-refractivity contribution is 0.110. The second kappa shape index (κ2) is 9.04. The van der Waals surface area contributed by atoms with Crippen molar-refractivity contribution in [3.8, 4) is 11.8 Å². The number of hydrogen-bond acceptors (Lipinski definition) is 5. The standard InChI is InChI=1S/C26H30N4O2/c1-5-18-16-30(13-12-24(18)32-21-9-6-19(7-10-21)17(2)3)23-14-25(31)29(4)22-11-8-20(15-27)28-26(22)23/h6-11,14,17-18,24H,5,12-13,16H2,1-4H3. The molecule has 6 nitrogen and oxygen atoms in total. The molecule has 6 heteroatoms. The number of benzene rings is 1. The Morgan fingerprint density at radius 2 is 1.97 bits per heavy atom. The fraction of sp³-hybridized carbons (Fsp3) is 0.423. The lowest BCUT2D eigenvalue weighted by Crippen LogP contribution is -2.46. The van der Waals surface area contributed by atoms with E-state index in [0.29, 0.717) is 23.0 Å². The van der Waals surface area contributed by atoms with Gasteiger partial charge in [-0.05, 0) is 42.2 Å². The van der Waals surface area contributed by atoms with Gasteiger partial charge in [-0.15, -0.1) is 0 Å². The van der Waals surface area contributed by atoms with Crippen molar-refractivity contribution in [1.82, 2.24) is 9.55 Å². The zero-order valence-corrected chi connectivity index (χ0v) is 19.2. The van der Waals surface area contributed by atoms with Crippen LogP contribution >= 0.6 is 0 Å². The minimum absolute atomic E-state index is 0.0735. The van der Waals surface area contributed by atoms with Gasteiger partial charge in [-0.2, -0.15) is 5.26 Å². The van der Waals surface area contributed by atoms with E-state index < -0.39 is 0 Å². The maximum absolute atomic E-state index is 12.6. The van der Waals surface area contributed by atoms with Crippen molar-refractivity contribution in [2.75, 3.05) is 18.0 Å². The van der Waals surface area contributed by atoms with Gasteiger partial charge < -0.3 is 14.2 Å². The summed E-state index contributed by atoms with van der Waals surface area (Å²) in [5, 5.41) is 9.31. The van der Waals surface area contributed by atoms with Crippen molar-refractivity contribution in [2.24, 2.45) is 13.0 Å². The van der Waals surface area contributed by atoms with Crippen molar-refractivity contribution in [2.45, 2.75) is 45.6 Å². The number of nitriles is 1. The Morgan fingerprint density at radius 3 is 2.62 bits per heavy atom. The van der Waals surface area contributed by atoms with Gasteiger partial charge in [-0.25, -0.2) is 4.98 Å². The van der Waals surface area contributed by atoms with E-state index in [1.165, 1.54) is 5.56 Å². The third-order valence-electron chi connectivity index (χ3n) is 6.55. The Morgan fingerprint density at radius 1 is 1.22 bits per heavy atom. The number of aromatic nitrogens is 2. The third-order valence-corrected chi connectivity index (χ3v) is 6.55. The molecule has 2 unspecified atom stereocenters. The Hall–Kier alpha value is -3.33. The summed E-state index contributed by atoms with van der Waals surface area (Å²) in [7, 11) is 1.74. The molecule has 0 amide bonds. The summed E-state index contributed by atoms with van der Waals surface area (Å²) in [6.07, 6.45) is 1.96. The number of piperidine rings is 1. The zero-order chi connectivity index (χ0) is 22.8. The van der Waals surface area contributed by atoms with E-state index in [0.717, 1.165) is 42.9 Å². The van der Waals surface area contributed by atoms with Crippen LogP contribution in [0, 0.1) is 17.2 Å². The van der Waals surface area contributed by atoms with Crippen LogP contribution in [-0.4, -0.2) is 28.7 Å². The number of pyridine rings is 2. The lowest BCUT2D eigenvalue weighted by Gasteiger charge is -2.39. The number of nitrogens with zero attached hydrogens (tertiary/aromatic N) is 4. The Bertz CT molecular complexity index is 1210. The summed E-state index contributed by atoms with van der Waals surface area (Å²) in [5.41, 5.74) is 3.83. The first-order chi connectivity index (χ1) is 15.4. The summed E-state index contributed by atoms with van der Waals surface area (Å²) in [6, 6.07) is 15.6. The molecule has 1 aliphatic rings. The second-order valence-electron chi connectivity index (χ2n) is 8.89. The minimum atomic E-state index is -0.0735. The van der Waals surface area contributed by atoms with Crippen LogP contribution in [0.15, 0.2) is 47.3 Å². The van der Waals surface area contributed by atoms with E-state index in [1.807, 2.05) is 0 Å². The second-order valence-corrected chi connectivity index (χ2v) is 8.89. The van der Waals surface area contributed by atoms with Crippen LogP contribution in [0.1, 0.15) is 50.8 Å². The van der Waals surface area contributed by atoms with Crippen molar-refractivity contribution < 1.29 is 4.74 Å². The first-order valence-corrected chi connectivity index (χ1v) is 11.3. The van der Waals surface area contributed by atoms with Crippen LogP contribution in [0.2, 0.25) is 0 Å². The largest absolute Gasteiger partial charge is 0.490 e. The third kappa shape index (κ3) is 4.20. The van der Waals surface area contributed by atoms with Crippen molar-refractivity contribution in [3.63, 3.8) is 0 Å². The summed E-state index contributed by atoms with van der Waals surface area (Å²) < 4.78 is 7.98. The van der Waals surface area contributed by atoms with Crippen LogP contribution in [-0.2, 0) is 7.05 Å². The highest BCUT2D eigenvalue weighted by atomic mass is 16.5. The highest BCUT2D eigenvalue weighted by Gasteiger charge is 2.31. The number of rotatable bonds is 5. The van der Waals surface area contributed by atoms with Crippen LogP contribution in [0.4, 0.5) is 5.69 Å². The molecule has 166 valence electrons. The average Bonchev–Trinajstić information content (AvgIpc) is 2.81. The van der Waals surface area contributed by atoms with E-state index >= 15 is 0 Å². The Labute approximate surface area is 189 Å². The van der Waals surface area contributed by atoms with Crippen molar-refractivity contribution >= 4 is 16.7 Å².